The quantitative estimate of drug-likeness (QED) is 0.240. The van der Waals surface area contributed by atoms with E-state index in [1.54, 1.807) is 14.2 Å². The average Bonchev–Trinajstić information content (AvgIpc) is 3.42. The molecule has 0 aliphatic carbocycles. The van der Waals surface area contributed by atoms with E-state index in [-0.39, 0.29) is 6.79 Å². The summed E-state index contributed by atoms with van der Waals surface area (Å²) in [6.45, 7) is 1.14. The van der Waals surface area contributed by atoms with Crippen molar-refractivity contribution in [1.82, 2.24) is 0 Å². The van der Waals surface area contributed by atoms with E-state index in [2.05, 4.69) is 53.2 Å². The van der Waals surface area contributed by atoms with Crippen molar-refractivity contribution in [2.75, 3.05) is 21.0 Å². The molecule has 2 aliphatic heterocycles. The molecule has 7 rings (SSSR count). The molecular weight excluding hydrogens is 498 g/mol. The zero-order valence-corrected chi connectivity index (χ0v) is 22.1. The molecule has 1 aromatic heterocycles. The van der Waals surface area contributed by atoms with Crippen LogP contribution in [0.1, 0.15) is 16.7 Å². The zero-order valence-electron chi connectivity index (χ0n) is 21.3. The lowest BCUT2D eigenvalue weighted by atomic mass is 9.88. The first-order chi connectivity index (χ1) is 18.7. The molecule has 6 heteroatoms. The van der Waals surface area contributed by atoms with Crippen molar-refractivity contribution >= 4 is 33.1 Å². The van der Waals surface area contributed by atoms with Gasteiger partial charge in [0.1, 0.15) is 0 Å². The summed E-state index contributed by atoms with van der Waals surface area (Å²) in [6.07, 6.45) is 4.85. The van der Waals surface area contributed by atoms with E-state index in [0.29, 0.717) is 0 Å². The van der Waals surface area contributed by atoms with Crippen LogP contribution in [0.5, 0.6) is 23.0 Å². The minimum absolute atomic E-state index is 0.267. The van der Waals surface area contributed by atoms with E-state index in [9.17, 15) is 0 Å². The first kappa shape index (κ1) is 23.2. The molecule has 0 spiro atoms. The number of rotatable bonds is 5. The van der Waals surface area contributed by atoms with E-state index in [0.717, 1.165) is 70.0 Å². The summed E-state index contributed by atoms with van der Waals surface area (Å²) in [5, 5.41) is 5.29. The Morgan fingerprint density at radius 3 is 2.47 bits per heavy atom. The fourth-order valence-electron chi connectivity index (χ4n) is 6.06. The highest BCUT2D eigenvalue weighted by atomic mass is 35.5. The molecule has 2 aliphatic rings. The highest BCUT2D eigenvalue weighted by Crippen LogP contribution is 2.44. The van der Waals surface area contributed by atoms with Crippen molar-refractivity contribution in [2.24, 2.45) is 0 Å². The number of hydrogen-bond acceptors (Lipinski definition) is 4. The van der Waals surface area contributed by atoms with Crippen LogP contribution in [0.4, 0.5) is 0 Å². The Kier molecular flexibility index (Phi) is 5.55. The smallest absolute Gasteiger partial charge is 0.231 e. The second kappa shape index (κ2) is 9.10. The van der Waals surface area contributed by atoms with Crippen molar-refractivity contribution in [3.63, 3.8) is 0 Å². The number of hydrogen-bond donors (Lipinski definition) is 0. The topological polar surface area (TPSA) is 40.8 Å². The van der Waals surface area contributed by atoms with Crippen molar-refractivity contribution in [3.05, 3.63) is 88.6 Å². The lowest BCUT2D eigenvalue weighted by Crippen LogP contribution is -2.41. The second-order valence-corrected chi connectivity index (χ2v) is 10.2. The van der Waals surface area contributed by atoms with E-state index < -0.39 is 0 Å². The van der Waals surface area contributed by atoms with Gasteiger partial charge < -0.3 is 18.9 Å². The van der Waals surface area contributed by atoms with Gasteiger partial charge in [0.05, 0.1) is 25.2 Å². The summed E-state index contributed by atoms with van der Waals surface area (Å²) in [7, 11) is 3.39. The first-order valence-electron chi connectivity index (χ1n) is 12.9. The van der Waals surface area contributed by atoms with Gasteiger partial charge in [-0.3, -0.25) is 0 Å². The molecule has 5 nitrogen and oxygen atoms in total. The SMILES string of the molecule is COc1ccc2c(CCc3ccc(Cl)c4ccccc34)c3[n+](cc2c1OC)CCc1cc2c(cc1-3)OCO2. The van der Waals surface area contributed by atoms with Gasteiger partial charge in [0.15, 0.2) is 35.7 Å². The van der Waals surface area contributed by atoms with Crippen molar-refractivity contribution in [1.29, 1.82) is 0 Å². The van der Waals surface area contributed by atoms with Crippen LogP contribution in [-0.4, -0.2) is 21.0 Å². The van der Waals surface area contributed by atoms with E-state index in [4.69, 9.17) is 30.5 Å². The van der Waals surface area contributed by atoms with Crippen molar-refractivity contribution in [2.45, 2.75) is 25.8 Å². The molecule has 190 valence electrons. The first-order valence-corrected chi connectivity index (χ1v) is 13.2. The molecule has 0 atom stereocenters. The lowest BCUT2D eigenvalue weighted by Gasteiger charge is -2.21. The standard InChI is InChI=1S/C32H27ClNO4/c1-35-28-12-10-22-24(9-7-19-8-11-27(33)23-6-4-3-5-21(19)23)31-25-16-30-29(37-18-38-30)15-20(25)13-14-34(31)17-26(22)32(28)36-2/h3-6,8,10-12,15-17H,7,9,13-14,18H2,1-2H3/q+1. The van der Waals surface area contributed by atoms with E-state index >= 15 is 0 Å². The maximum Gasteiger partial charge on any atom is 0.231 e. The fourth-order valence-corrected chi connectivity index (χ4v) is 6.29. The fraction of sp³-hybridized carbons (Fsp3) is 0.219. The number of aryl methyl sites for hydroxylation is 4. The Morgan fingerprint density at radius 2 is 1.66 bits per heavy atom. The summed E-state index contributed by atoms with van der Waals surface area (Å²) in [5.74, 6) is 3.13. The van der Waals surface area contributed by atoms with Gasteiger partial charge in [-0.25, -0.2) is 0 Å². The highest BCUT2D eigenvalue weighted by molar-refractivity contribution is 6.35. The largest absolute Gasteiger partial charge is 0.493 e. The Hall–Kier alpha value is -3.96. The Bertz CT molecular complexity index is 1750. The van der Waals surface area contributed by atoms with Gasteiger partial charge in [-0.05, 0) is 59.7 Å². The normalized spacial score (nSPS) is 13.4. The van der Waals surface area contributed by atoms with Gasteiger partial charge in [0.25, 0.3) is 0 Å². The van der Waals surface area contributed by atoms with Gasteiger partial charge >= 0.3 is 0 Å². The number of pyridine rings is 1. The van der Waals surface area contributed by atoms with Gasteiger partial charge in [0.2, 0.25) is 12.5 Å². The lowest BCUT2D eigenvalue weighted by molar-refractivity contribution is -0.686. The molecule has 0 fully saturated rings. The Labute approximate surface area is 226 Å². The molecule has 0 saturated carbocycles. The second-order valence-electron chi connectivity index (χ2n) is 9.78. The van der Waals surface area contributed by atoms with Gasteiger partial charge in [0, 0.05) is 27.8 Å². The van der Waals surface area contributed by atoms with Gasteiger partial charge in [-0.2, -0.15) is 4.57 Å². The van der Waals surface area contributed by atoms with Crippen LogP contribution in [-0.2, 0) is 25.8 Å². The maximum atomic E-state index is 6.53. The Balaban J connectivity index is 1.44. The average molecular weight is 525 g/mol. The molecule has 0 radical (unpaired) electrons. The van der Waals surface area contributed by atoms with Crippen LogP contribution in [0.25, 0.3) is 32.8 Å². The molecule has 38 heavy (non-hydrogen) atoms. The van der Waals surface area contributed by atoms with Crippen LogP contribution >= 0.6 is 11.6 Å². The predicted molar refractivity (Wildman–Crippen MR) is 149 cm³/mol. The van der Waals surface area contributed by atoms with Crippen LogP contribution in [0, 0.1) is 0 Å². The van der Waals surface area contributed by atoms with Crippen LogP contribution in [0.15, 0.2) is 66.9 Å². The monoisotopic (exact) mass is 524 g/mol. The molecule has 0 unspecified atom stereocenters. The third kappa shape index (κ3) is 3.57. The molecule has 3 heterocycles. The van der Waals surface area contributed by atoms with Crippen LogP contribution < -0.4 is 23.5 Å². The summed E-state index contributed by atoms with van der Waals surface area (Å²) in [6, 6.07) is 21.0. The molecular formula is C32H27ClNO4+. The molecule has 4 aromatic carbocycles. The number of nitrogens with zero attached hydrogens (tertiary/aromatic N) is 1. The molecule has 0 bridgehead atoms. The zero-order chi connectivity index (χ0) is 25.8. The minimum Gasteiger partial charge on any atom is -0.493 e. The number of halogens is 1. The van der Waals surface area contributed by atoms with E-state index in [1.807, 2.05) is 18.2 Å². The van der Waals surface area contributed by atoms with Crippen LogP contribution in [0.3, 0.4) is 0 Å². The number of fused-ring (bicyclic) bond motifs is 6. The number of ether oxygens (including phenoxy) is 4. The molecule has 0 amide bonds. The number of benzene rings is 4. The Morgan fingerprint density at radius 1 is 0.842 bits per heavy atom. The van der Waals surface area contributed by atoms with Crippen molar-refractivity contribution in [3.8, 4) is 34.3 Å². The third-order valence-electron chi connectivity index (χ3n) is 7.85. The molecule has 5 aromatic rings. The minimum atomic E-state index is 0.267. The molecule has 0 N–H and O–H groups in total. The van der Waals surface area contributed by atoms with Crippen molar-refractivity contribution < 1.29 is 23.5 Å². The van der Waals surface area contributed by atoms with Gasteiger partial charge in [-0.15, -0.1) is 0 Å². The summed E-state index contributed by atoms with van der Waals surface area (Å²) < 4.78 is 25.4. The number of methoxy groups -OCH3 is 2. The highest BCUT2D eigenvalue weighted by Gasteiger charge is 2.32. The predicted octanol–water partition coefficient (Wildman–Crippen LogP) is 6.69. The summed E-state index contributed by atoms with van der Waals surface area (Å²) >= 11 is 6.53. The summed E-state index contributed by atoms with van der Waals surface area (Å²) in [5.41, 5.74) is 6.27. The van der Waals surface area contributed by atoms with Gasteiger partial charge in [-0.1, -0.05) is 41.9 Å². The van der Waals surface area contributed by atoms with Crippen LogP contribution in [0.2, 0.25) is 5.02 Å². The summed E-state index contributed by atoms with van der Waals surface area (Å²) in [4.78, 5) is 0. The number of aromatic nitrogens is 1. The molecule has 0 saturated heterocycles. The third-order valence-corrected chi connectivity index (χ3v) is 8.18. The van der Waals surface area contributed by atoms with E-state index in [1.165, 1.54) is 33.3 Å². The maximum absolute atomic E-state index is 6.53.